The molecule has 5 heteroatoms. The molecule has 0 unspecified atom stereocenters. The molecule has 1 aliphatic carbocycles. The van der Waals surface area contributed by atoms with Gasteiger partial charge < -0.3 is 15.3 Å². The molecule has 2 aliphatic rings. The molecule has 0 bridgehead atoms. The van der Waals surface area contributed by atoms with Crippen molar-refractivity contribution < 1.29 is 14.7 Å². The van der Waals surface area contributed by atoms with E-state index in [-0.39, 0.29) is 18.2 Å². The zero-order valence-electron chi connectivity index (χ0n) is 13.6. The van der Waals surface area contributed by atoms with Gasteiger partial charge in [0.25, 0.3) is 0 Å². The first kappa shape index (κ1) is 17.3. The molecular formula is C17H30N2O3. The molecule has 0 aromatic carbocycles. The predicted molar refractivity (Wildman–Crippen MR) is 85.3 cm³/mol. The van der Waals surface area contributed by atoms with Crippen LogP contribution in [-0.2, 0) is 9.59 Å². The Balaban J connectivity index is 1.59. The summed E-state index contributed by atoms with van der Waals surface area (Å²) in [6, 6.07) is 0. The van der Waals surface area contributed by atoms with Crippen molar-refractivity contribution in [3.05, 3.63) is 0 Å². The summed E-state index contributed by atoms with van der Waals surface area (Å²) in [4.78, 5) is 25.8. The zero-order valence-corrected chi connectivity index (χ0v) is 13.6. The van der Waals surface area contributed by atoms with Crippen LogP contribution in [0.15, 0.2) is 0 Å². The lowest BCUT2D eigenvalue weighted by Crippen LogP contribution is -2.35. The monoisotopic (exact) mass is 310 g/mol. The summed E-state index contributed by atoms with van der Waals surface area (Å²) >= 11 is 0. The number of nitrogens with one attached hydrogen (secondary N) is 1. The van der Waals surface area contributed by atoms with Crippen LogP contribution in [0.4, 0.5) is 0 Å². The van der Waals surface area contributed by atoms with Crippen molar-refractivity contribution in [2.75, 3.05) is 19.6 Å². The van der Waals surface area contributed by atoms with Crippen molar-refractivity contribution in [2.45, 2.75) is 76.2 Å². The Hall–Kier alpha value is -1.10. The number of rotatable bonds is 6. The Morgan fingerprint density at radius 1 is 0.955 bits per heavy atom. The van der Waals surface area contributed by atoms with Crippen LogP contribution < -0.4 is 5.32 Å². The lowest BCUT2D eigenvalue weighted by Gasteiger charge is -2.22. The molecular weight excluding hydrogens is 280 g/mol. The summed E-state index contributed by atoms with van der Waals surface area (Å²) in [5.41, 5.74) is -0.574. The molecule has 5 nitrogen and oxygen atoms in total. The average molecular weight is 310 g/mol. The third-order valence-electron chi connectivity index (χ3n) is 4.97. The van der Waals surface area contributed by atoms with Gasteiger partial charge in [0.1, 0.15) is 0 Å². The number of hydrogen-bond donors (Lipinski definition) is 2. The Morgan fingerprint density at radius 2 is 1.59 bits per heavy atom. The lowest BCUT2D eigenvalue weighted by molar-refractivity contribution is -0.133. The van der Waals surface area contributed by atoms with Crippen LogP contribution in [0.25, 0.3) is 0 Å². The summed E-state index contributed by atoms with van der Waals surface area (Å²) in [6.45, 7) is 2.19. The average Bonchev–Trinajstić information content (AvgIpc) is 2.77. The highest BCUT2D eigenvalue weighted by molar-refractivity contribution is 5.83. The second-order valence-corrected chi connectivity index (χ2v) is 6.83. The minimum absolute atomic E-state index is 0.0789. The van der Waals surface area contributed by atoms with E-state index in [2.05, 4.69) is 5.32 Å². The highest BCUT2D eigenvalue weighted by Gasteiger charge is 2.30. The minimum atomic E-state index is -0.574. The molecule has 126 valence electrons. The van der Waals surface area contributed by atoms with Gasteiger partial charge in [0.15, 0.2) is 0 Å². The van der Waals surface area contributed by atoms with Gasteiger partial charge in [-0.2, -0.15) is 0 Å². The molecule has 1 heterocycles. The van der Waals surface area contributed by atoms with Crippen molar-refractivity contribution in [3.8, 4) is 0 Å². The Bertz CT molecular complexity index is 370. The fourth-order valence-electron chi connectivity index (χ4n) is 3.50. The Morgan fingerprint density at radius 3 is 2.23 bits per heavy atom. The van der Waals surface area contributed by atoms with Gasteiger partial charge in [0.05, 0.1) is 5.60 Å². The molecule has 1 saturated carbocycles. The second kappa shape index (κ2) is 8.51. The van der Waals surface area contributed by atoms with E-state index < -0.39 is 5.60 Å². The lowest BCUT2D eigenvalue weighted by atomic mass is 9.98. The van der Waals surface area contributed by atoms with Gasteiger partial charge in [-0.15, -0.1) is 0 Å². The van der Waals surface area contributed by atoms with E-state index in [1.807, 2.05) is 4.90 Å². The molecule has 0 spiro atoms. The maximum Gasteiger partial charge on any atom is 0.223 e. The first-order valence-corrected chi connectivity index (χ1v) is 8.86. The minimum Gasteiger partial charge on any atom is -0.390 e. The molecule has 2 N–H and O–H groups in total. The third-order valence-corrected chi connectivity index (χ3v) is 4.97. The number of carbonyl (C=O) groups is 2. The van der Waals surface area contributed by atoms with E-state index in [0.29, 0.717) is 19.4 Å². The quantitative estimate of drug-likeness (QED) is 0.788. The van der Waals surface area contributed by atoms with Crippen LogP contribution in [0.2, 0.25) is 0 Å². The predicted octanol–water partition coefficient (Wildman–Crippen LogP) is 1.98. The number of likely N-dealkylation sites (tertiary alicyclic amines) is 1. The standard InChI is InChI=1S/C17H30N2O3/c20-15(18-12-11-17(22)9-3-4-10-17)7-8-16(21)19-13-5-1-2-6-14-19/h22H,1-14H2,(H,18,20). The normalized spacial score (nSPS) is 21.4. The van der Waals surface area contributed by atoms with E-state index >= 15 is 0 Å². The molecule has 0 radical (unpaired) electrons. The maximum absolute atomic E-state index is 12.1. The van der Waals surface area contributed by atoms with E-state index in [4.69, 9.17) is 0 Å². The SMILES string of the molecule is O=C(CCC(=O)N1CCCCCC1)NCCC1(O)CCCC1. The number of hydrogen-bond acceptors (Lipinski definition) is 3. The summed E-state index contributed by atoms with van der Waals surface area (Å²) in [6.07, 6.45) is 9.59. The molecule has 2 rings (SSSR count). The van der Waals surface area contributed by atoms with Gasteiger partial charge in [-0.3, -0.25) is 9.59 Å². The molecule has 1 aliphatic heterocycles. The van der Waals surface area contributed by atoms with Crippen LogP contribution in [0, 0.1) is 0 Å². The van der Waals surface area contributed by atoms with Crippen LogP contribution in [0.5, 0.6) is 0 Å². The van der Waals surface area contributed by atoms with Crippen LogP contribution in [-0.4, -0.2) is 47.1 Å². The van der Waals surface area contributed by atoms with Crippen LogP contribution in [0.3, 0.4) is 0 Å². The Labute approximate surface area is 133 Å². The second-order valence-electron chi connectivity index (χ2n) is 6.83. The number of carbonyl (C=O) groups excluding carboxylic acids is 2. The number of amides is 2. The Kier molecular flexibility index (Phi) is 6.68. The topological polar surface area (TPSA) is 69.6 Å². The van der Waals surface area contributed by atoms with Gasteiger partial charge in [-0.1, -0.05) is 25.7 Å². The van der Waals surface area contributed by atoms with Crippen molar-refractivity contribution in [3.63, 3.8) is 0 Å². The van der Waals surface area contributed by atoms with Crippen LogP contribution in [0.1, 0.15) is 70.6 Å². The van der Waals surface area contributed by atoms with Crippen molar-refractivity contribution in [1.82, 2.24) is 10.2 Å². The van der Waals surface area contributed by atoms with E-state index in [1.54, 1.807) is 0 Å². The molecule has 0 aromatic heterocycles. The zero-order chi connectivity index (χ0) is 15.8. The van der Waals surface area contributed by atoms with E-state index in [9.17, 15) is 14.7 Å². The summed E-state index contributed by atoms with van der Waals surface area (Å²) < 4.78 is 0. The maximum atomic E-state index is 12.1. The van der Waals surface area contributed by atoms with Crippen molar-refractivity contribution in [2.24, 2.45) is 0 Å². The molecule has 1 saturated heterocycles. The summed E-state index contributed by atoms with van der Waals surface area (Å²) in [5.74, 6) is 0.0243. The number of nitrogens with zero attached hydrogens (tertiary/aromatic N) is 1. The molecule has 2 fully saturated rings. The van der Waals surface area contributed by atoms with Gasteiger partial charge in [-0.25, -0.2) is 0 Å². The molecule has 2 amide bonds. The fourth-order valence-corrected chi connectivity index (χ4v) is 3.50. The summed E-state index contributed by atoms with van der Waals surface area (Å²) in [7, 11) is 0. The largest absolute Gasteiger partial charge is 0.390 e. The van der Waals surface area contributed by atoms with Crippen molar-refractivity contribution >= 4 is 11.8 Å². The summed E-state index contributed by atoms with van der Waals surface area (Å²) in [5, 5.41) is 13.0. The highest BCUT2D eigenvalue weighted by Crippen LogP contribution is 2.31. The fraction of sp³-hybridized carbons (Fsp3) is 0.882. The number of aliphatic hydroxyl groups is 1. The first-order chi connectivity index (χ1) is 10.6. The molecule has 0 aromatic rings. The van der Waals surface area contributed by atoms with Gasteiger partial charge in [0, 0.05) is 32.5 Å². The van der Waals surface area contributed by atoms with Gasteiger partial charge in [-0.05, 0) is 32.1 Å². The van der Waals surface area contributed by atoms with E-state index in [0.717, 1.165) is 51.6 Å². The highest BCUT2D eigenvalue weighted by atomic mass is 16.3. The van der Waals surface area contributed by atoms with E-state index in [1.165, 1.54) is 12.8 Å². The third kappa shape index (κ3) is 5.59. The van der Waals surface area contributed by atoms with Gasteiger partial charge >= 0.3 is 0 Å². The first-order valence-electron chi connectivity index (χ1n) is 8.86. The molecule has 22 heavy (non-hydrogen) atoms. The van der Waals surface area contributed by atoms with Gasteiger partial charge in [0.2, 0.25) is 11.8 Å². The van der Waals surface area contributed by atoms with Crippen molar-refractivity contribution in [1.29, 1.82) is 0 Å². The smallest absolute Gasteiger partial charge is 0.223 e. The van der Waals surface area contributed by atoms with Crippen LogP contribution >= 0.6 is 0 Å². The molecule has 0 atom stereocenters.